The molecule has 72 valence electrons. The lowest BCUT2D eigenvalue weighted by Crippen LogP contribution is -2.27. The Morgan fingerprint density at radius 1 is 1.38 bits per heavy atom. The molecule has 0 amide bonds. The van der Waals surface area contributed by atoms with Gasteiger partial charge in [0.2, 0.25) is 0 Å². The molecule has 0 aromatic rings. The molecule has 0 heterocycles. The summed E-state index contributed by atoms with van der Waals surface area (Å²) in [6.07, 6.45) is 3.34. The molecule has 0 aliphatic heterocycles. The Morgan fingerprint density at radius 2 is 2.15 bits per heavy atom. The number of rotatable bonds is 2. The minimum absolute atomic E-state index is 0.146. The van der Waals surface area contributed by atoms with Crippen LogP contribution in [0.4, 0.5) is 0 Å². The largest absolute Gasteiger partial charge is 0.393 e. The Bertz CT molecular complexity index is 247. The zero-order valence-corrected chi connectivity index (χ0v) is 8.63. The van der Waals surface area contributed by atoms with Gasteiger partial charge in [0.05, 0.1) is 17.3 Å². The van der Waals surface area contributed by atoms with Crippen LogP contribution >= 0.6 is 12.2 Å². The molecule has 5 atom stereocenters. The van der Waals surface area contributed by atoms with E-state index in [0.717, 1.165) is 12.8 Å². The van der Waals surface area contributed by atoms with Gasteiger partial charge in [-0.1, -0.05) is 0 Å². The Hall–Kier alpha value is -0.240. The van der Waals surface area contributed by atoms with Gasteiger partial charge in [-0.05, 0) is 56.2 Å². The number of aliphatic hydroxyl groups excluding tert-OH is 1. The van der Waals surface area contributed by atoms with Crippen LogP contribution in [-0.4, -0.2) is 22.4 Å². The lowest BCUT2D eigenvalue weighted by molar-refractivity contribution is 0.0874. The first-order valence-corrected chi connectivity index (χ1v) is 5.38. The minimum atomic E-state index is -0.146. The Kier molecular flexibility index (Phi) is 2.50. The Balaban J connectivity index is 2.02. The van der Waals surface area contributed by atoms with E-state index in [1.165, 1.54) is 6.42 Å². The third-order valence-electron chi connectivity index (χ3n) is 3.71. The van der Waals surface area contributed by atoms with E-state index in [2.05, 4.69) is 22.4 Å². The van der Waals surface area contributed by atoms with Crippen molar-refractivity contribution in [3.05, 3.63) is 0 Å². The molecule has 13 heavy (non-hydrogen) atoms. The molecular weight excluding hydrogens is 182 g/mol. The number of aliphatic imine (C=N–C) groups is 1. The van der Waals surface area contributed by atoms with Crippen molar-refractivity contribution in [3.8, 4) is 0 Å². The van der Waals surface area contributed by atoms with E-state index in [1.54, 1.807) is 0 Å². The van der Waals surface area contributed by atoms with Gasteiger partial charge in [0.25, 0.3) is 0 Å². The fourth-order valence-corrected chi connectivity index (χ4v) is 3.24. The molecule has 2 rings (SSSR count). The maximum absolute atomic E-state index is 9.52. The van der Waals surface area contributed by atoms with E-state index < -0.39 is 0 Å². The minimum Gasteiger partial charge on any atom is -0.393 e. The highest BCUT2D eigenvalue weighted by atomic mass is 32.1. The summed E-state index contributed by atoms with van der Waals surface area (Å²) in [6.45, 7) is 1.91. The molecule has 0 aromatic heterocycles. The fourth-order valence-electron chi connectivity index (χ4n) is 3.11. The lowest BCUT2D eigenvalue weighted by atomic mass is 9.83. The summed E-state index contributed by atoms with van der Waals surface area (Å²) in [7, 11) is 0. The molecule has 0 unspecified atom stereocenters. The second-order valence-corrected chi connectivity index (χ2v) is 4.60. The van der Waals surface area contributed by atoms with Crippen LogP contribution in [0.5, 0.6) is 0 Å². The molecule has 2 saturated carbocycles. The van der Waals surface area contributed by atoms with Gasteiger partial charge in [-0.15, -0.1) is 0 Å². The van der Waals surface area contributed by atoms with E-state index in [9.17, 15) is 5.11 Å². The summed E-state index contributed by atoms with van der Waals surface area (Å²) in [5.41, 5.74) is 0. The van der Waals surface area contributed by atoms with Crippen molar-refractivity contribution in [2.24, 2.45) is 22.7 Å². The molecule has 0 saturated heterocycles. The van der Waals surface area contributed by atoms with Crippen LogP contribution in [0.3, 0.4) is 0 Å². The van der Waals surface area contributed by atoms with Crippen molar-refractivity contribution in [2.45, 2.75) is 38.3 Å². The zero-order chi connectivity index (χ0) is 9.42. The van der Waals surface area contributed by atoms with Gasteiger partial charge in [-0.3, -0.25) is 0 Å². The van der Waals surface area contributed by atoms with E-state index in [-0.39, 0.29) is 6.10 Å². The van der Waals surface area contributed by atoms with Crippen molar-refractivity contribution in [3.63, 3.8) is 0 Å². The van der Waals surface area contributed by atoms with Crippen molar-refractivity contribution in [2.75, 3.05) is 0 Å². The number of hydrogen-bond donors (Lipinski definition) is 1. The fraction of sp³-hybridized carbons (Fsp3) is 0.900. The van der Waals surface area contributed by atoms with Crippen LogP contribution in [0.1, 0.15) is 26.2 Å². The predicted molar refractivity (Wildman–Crippen MR) is 54.8 cm³/mol. The molecule has 0 aromatic carbocycles. The number of thiocarbonyl (C=S) groups is 1. The van der Waals surface area contributed by atoms with Crippen molar-refractivity contribution in [1.82, 2.24) is 0 Å². The average molecular weight is 197 g/mol. The molecular formula is C10H15NOS. The molecule has 0 spiro atoms. The SMILES string of the molecule is C[C@@H](O)[C@H]1C[C@H]2C[C@@H]1C[C@@H]2N=C=S. The van der Waals surface area contributed by atoms with Crippen molar-refractivity contribution < 1.29 is 5.11 Å². The highest BCUT2D eigenvalue weighted by molar-refractivity contribution is 7.78. The number of fused-ring (bicyclic) bond motifs is 2. The van der Waals surface area contributed by atoms with Crippen LogP contribution in [0.2, 0.25) is 0 Å². The van der Waals surface area contributed by atoms with Crippen molar-refractivity contribution in [1.29, 1.82) is 0 Å². The standard InChI is InChI=1S/C10H15NOS/c1-6(12)9-3-8-2-7(9)4-10(8)11-5-13/h6-10,12H,2-4H2,1H3/t6-,7-,8-,9-,10+/m1/s1. The zero-order valence-electron chi connectivity index (χ0n) is 7.81. The summed E-state index contributed by atoms with van der Waals surface area (Å²) >= 11 is 4.62. The molecule has 2 fully saturated rings. The highest BCUT2D eigenvalue weighted by Crippen LogP contribution is 2.50. The number of hydrogen-bond acceptors (Lipinski definition) is 3. The average Bonchev–Trinajstić information content (AvgIpc) is 2.62. The molecule has 3 heteroatoms. The molecule has 2 bridgehead atoms. The first-order chi connectivity index (χ1) is 6.22. The van der Waals surface area contributed by atoms with E-state index in [4.69, 9.17) is 0 Å². The normalized spacial score (nSPS) is 44.5. The predicted octanol–water partition coefficient (Wildman–Crippen LogP) is 1.88. The van der Waals surface area contributed by atoms with Crippen LogP contribution in [0.25, 0.3) is 0 Å². The van der Waals surface area contributed by atoms with Crippen LogP contribution in [-0.2, 0) is 0 Å². The van der Waals surface area contributed by atoms with Gasteiger partial charge < -0.3 is 5.11 Å². The summed E-state index contributed by atoms with van der Waals surface area (Å²) in [6, 6.07) is 0.414. The second kappa shape index (κ2) is 3.49. The van der Waals surface area contributed by atoms with Crippen LogP contribution < -0.4 is 0 Å². The van der Waals surface area contributed by atoms with Crippen molar-refractivity contribution >= 4 is 17.4 Å². The Morgan fingerprint density at radius 3 is 2.62 bits per heavy atom. The van der Waals surface area contributed by atoms with E-state index in [0.29, 0.717) is 23.8 Å². The summed E-state index contributed by atoms with van der Waals surface area (Å²) < 4.78 is 0. The Labute approximate surface area is 84.1 Å². The molecule has 0 radical (unpaired) electrons. The van der Waals surface area contributed by atoms with Crippen LogP contribution in [0, 0.1) is 17.8 Å². The highest BCUT2D eigenvalue weighted by Gasteiger charge is 2.47. The molecule has 2 aliphatic rings. The van der Waals surface area contributed by atoms with Gasteiger partial charge in [0.1, 0.15) is 0 Å². The van der Waals surface area contributed by atoms with Gasteiger partial charge in [0.15, 0.2) is 0 Å². The summed E-state index contributed by atoms with van der Waals surface area (Å²) in [4.78, 5) is 4.18. The van der Waals surface area contributed by atoms with E-state index in [1.807, 2.05) is 6.92 Å². The third kappa shape index (κ3) is 1.56. The van der Waals surface area contributed by atoms with E-state index >= 15 is 0 Å². The topological polar surface area (TPSA) is 32.6 Å². The third-order valence-corrected chi connectivity index (χ3v) is 3.82. The van der Waals surface area contributed by atoms with Crippen LogP contribution in [0.15, 0.2) is 4.99 Å². The second-order valence-electron chi connectivity index (χ2n) is 4.42. The number of isothiocyanates is 1. The maximum atomic E-state index is 9.52. The van der Waals surface area contributed by atoms with Gasteiger partial charge in [-0.2, -0.15) is 0 Å². The number of aliphatic hydroxyl groups is 1. The maximum Gasteiger partial charge on any atom is 0.0633 e. The lowest BCUT2D eigenvalue weighted by Gasteiger charge is -2.27. The van der Waals surface area contributed by atoms with Gasteiger partial charge in [0, 0.05) is 0 Å². The van der Waals surface area contributed by atoms with Gasteiger partial charge >= 0.3 is 0 Å². The smallest absolute Gasteiger partial charge is 0.0633 e. The first-order valence-electron chi connectivity index (χ1n) is 4.97. The number of nitrogens with zero attached hydrogens (tertiary/aromatic N) is 1. The summed E-state index contributed by atoms with van der Waals surface area (Å²) in [5.74, 6) is 1.86. The quantitative estimate of drug-likeness (QED) is 0.541. The molecule has 1 N–H and O–H groups in total. The summed E-state index contributed by atoms with van der Waals surface area (Å²) in [5, 5.41) is 12.0. The molecule has 2 aliphatic carbocycles. The first kappa shape index (κ1) is 9.32. The van der Waals surface area contributed by atoms with Gasteiger partial charge in [-0.25, -0.2) is 4.99 Å². The molecule has 2 nitrogen and oxygen atoms in total. The monoisotopic (exact) mass is 197 g/mol.